The van der Waals surface area contributed by atoms with Gasteiger partial charge >= 0.3 is 11.9 Å². The molecule has 0 bridgehead atoms. The highest BCUT2D eigenvalue weighted by molar-refractivity contribution is 5.90. The lowest BCUT2D eigenvalue weighted by molar-refractivity contribution is -0.174. The van der Waals surface area contributed by atoms with Crippen molar-refractivity contribution in [3.05, 3.63) is 0 Å². The lowest BCUT2D eigenvalue weighted by Gasteiger charge is -2.23. The van der Waals surface area contributed by atoms with Crippen LogP contribution in [0, 0.1) is 10.8 Å². The van der Waals surface area contributed by atoms with Gasteiger partial charge in [0.05, 0.1) is 24.0 Å². The number of esters is 2. The van der Waals surface area contributed by atoms with E-state index in [4.69, 9.17) is 20.4 Å². The van der Waals surface area contributed by atoms with Gasteiger partial charge in [-0.1, -0.05) is 32.1 Å². The molecule has 0 rings (SSSR count). The van der Waals surface area contributed by atoms with Crippen LogP contribution >= 0.6 is 0 Å². The predicted molar refractivity (Wildman–Crippen MR) is 99.3 cm³/mol. The molecule has 4 N–H and O–H groups in total. The smallest absolute Gasteiger partial charge is 0.321 e. The first-order valence-corrected chi connectivity index (χ1v) is 9.29. The topological polar surface area (TPSA) is 124 Å². The lowest BCUT2D eigenvalue weighted by atomic mass is 9.93. The summed E-state index contributed by atoms with van der Waals surface area (Å²) >= 11 is 0. The second-order valence-electron chi connectivity index (χ2n) is 7.68. The van der Waals surface area contributed by atoms with Crippen LogP contribution < -0.4 is 0 Å². The Morgan fingerprint density at radius 1 is 0.615 bits per heavy atom. The van der Waals surface area contributed by atoms with Crippen molar-refractivity contribution in [1.29, 1.82) is 0 Å². The van der Waals surface area contributed by atoms with E-state index in [-0.39, 0.29) is 0 Å². The van der Waals surface area contributed by atoms with Gasteiger partial charge in [0.15, 0.2) is 0 Å². The first-order chi connectivity index (χ1) is 12.1. The van der Waals surface area contributed by atoms with Gasteiger partial charge in [0, 0.05) is 13.2 Å². The Balaban J connectivity index is 0. The number of aliphatic hydroxyl groups is 4. The van der Waals surface area contributed by atoms with Gasteiger partial charge < -0.3 is 25.2 Å². The fourth-order valence-corrected chi connectivity index (χ4v) is 1.60. The average Bonchev–Trinajstić information content (AvgIpc) is 2.61. The molecule has 7 nitrogen and oxygen atoms in total. The van der Waals surface area contributed by atoms with Gasteiger partial charge in [0.25, 0.3) is 0 Å². The highest BCUT2D eigenvalue weighted by atomic mass is 16.6. The number of rotatable bonds is 12. The maximum atomic E-state index is 11.4. The van der Waals surface area contributed by atoms with Crippen LogP contribution in [-0.4, -0.2) is 58.8 Å². The van der Waals surface area contributed by atoms with Gasteiger partial charge in [-0.2, -0.15) is 0 Å². The van der Waals surface area contributed by atoms with E-state index in [1.54, 1.807) is 0 Å². The van der Waals surface area contributed by atoms with E-state index in [9.17, 15) is 9.59 Å². The second-order valence-corrected chi connectivity index (χ2v) is 7.68. The zero-order valence-corrected chi connectivity index (χ0v) is 16.8. The molecule has 0 aliphatic carbocycles. The molecule has 0 aromatic heterocycles. The van der Waals surface area contributed by atoms with Crippen LogP contribution in [0.3, 0.4) is 0 Å². The molecule has 0 radical (unpaired) electrons. The lowest BCUT2D eigenvalue weighted by Crippen LogP contribution is -2.38. The third kappa shape index (κ3) is 13.2. The van der Waals surface area contributed by atoms with E-state index in [2.05, 4.69) is 4.74 Å². The Kier molecular flexibility index (Phi) is 15.8. The van der Waals surface area contributed by atoms with Crippen molar-refractivity contribution in [2.75, 3.05) is 26.4 Å². The summed E-state index contributed by atoms with van der Waals surface area (Å²) in [6.45, 7) is 5.72. The molecular weight excluding hydrogens is 340 g/mol. The third-order valence-electron chi connectivity index (χ3n) is 3.90. The van der Waals surface area contributed by atoms with Crippen molar-refractivity contribution in [2.24, 2.45) is 10.8 Å². The van der Waals surface area contributed by atoms with E-state index in [0.29, 0.717) is 13.2 Å². The van der Waals surface area contributed by atoms with Gasteiger partial charge in [-0.3, -0.25) is 9.59 Å². The minimum atomic E-state index is -1.11. The van der Waals surface area contributed by atoms with Crippen LogP contribution in [0.5, 0.6) is 0 Å². The van der Waals surface area contributed by atoms with E-state index < -0.39 is 36.0 Å². The summed E-state index contributed by atoms with van der Waals surface area (Å²) in [4.78, 5) is 22.8. The van der Waals surface area contributed by atoms with Crippen LogP contribution in [0.4, 0.5) is 0 Å². The van der Waals surface area contributed by atoms with E-state index in [1.807, 2.05) is 0 Å². The highest BCUT2D eigenvalue weighted by Crippen LogP contribution is 2.21. The second kappa shape index (κ2) is 15.1. The first kappa shape index (κ1) is 27.2. The fourth-order valence-electron chi connectivity index (χ4n) is 1.60. The minimum Gasteiger partial charge on any atom is -0.396 e. The maximum Gasteiger partial charge on any atom is 0.321 e. The van der Waals surface area contributed by atoms with Gasteiger partial charge in [0.2, 0.25) is 0 Å². The quantitative estimate of drug-likeness (QED) is 0.232. The Morgan fingerprint density at radius 2 is 0.885 bits per heavy atom. The average molecular weight is 379 g/mol. The molecular formula is C19H38O7. The van der Waals surface area contributed by atoms with Crippen molar-refractivity contribution in [2.45, 2.75) is 72.6 Å². The number of ether oxygens (including phenoxy) is 1. The maximum absolute atomic E-state index is 11.4. The monoisotopic (exact) mass is 378 g/mol. The number of hydrogen-bond donors (Lipinski definition) is 4. The van der Waals surface area contributed by atoms with E-state index in [0.717, 1.165) is 25.7 Å². The number of aliphatic hydroxyl groups excluding tert-OH is 4. The molecule has 7 heteroatoms. The minimum absolute atomic E-state index is 0.330. The van der Waals surface area contributed by atoms with Crippen LogP contribution in [-0.2, 0) is 14.3 Å². The molecule has 26 heavy (non-hydrogen) atoms. The number of hydrogen-bond acceptors (Lipinski definition) is 7. The molecule has 0 unspecified atom stereocenters. The van der Waals surface area contributed by atoms with Gasteiger partial charge in [-0.05, 0) is 40.5 Å². The molecule has 0 aromatic carbocycles. The summed E-state index contributed by atoms with van der Waals surface area (Å²) in [5.41, 5.74) is -2.22. The van der Waals surface area contributed by atoms with E-state index in [1.165, 1.54) is 47.0 Å². The Labute approximate surface area is 157 Å². The zero-order chi connectivity index (χ0) is 20.6. The Morgan fingerprint density at radius 3 is 1.12 bits per heavy atom. The molecule has 0 saturated heterocycles. The molecule has 156 valence electrons. The van der Waals surface area contributed by atoms with Gasteiger partial charge in [0.1, 0.15) is 0 Å². The van der Waals surface area contributed by atoms with Crippen molar-refractivity contribution in [1.82, 2.24) is 0 Å². The number of carbonyl (C=O) groups excluding carboxylic acids is 2. The molecule has 0 fully saturated rings. The van der Waals surface area contributed by atoms with Crippen LogP contribution in [0.1, 0.15) is 72.6 Å². The predicted octanol–water partition coefficient (Wildman–Crippen LogP) is 1.79. The standard InChI is InChI=1S/C10H18O5.C9H20O2/c1-9(2,5-11)7(13)15-8(14)10(3,4)6-12;10-8-6-4-2-1-3-5-7-9-11/h11-12H,5-6H2,1-4H3;10-11H,1-9H2. The van der Waals surface area contributed by atoms with Gasteiger partial charge in [-0.25, -0.2) is 0 Å². The molecule has 0 amide bonds. The van der Waals surface area contributed by atoms with E-state index >= 15 is 0 Å². The molecule has 0 aliphatic rings. The van der Waals surface area contributed by atoms with Crippen LogP contribution in [0.25, 0.3) is 0 Å². The van der Waals surface area contributed by atoms with Crippen molar-refractivity contribution < 1.29 is 34.8 Å². The number of unbranched alkanes of at least 4 members (excludes halogenated alkanes) is 6. The van der Waals surface area contributed by atoms with Crippen LogP contribution in [0.15, 0.2) is 0 Å². The summed E-state index contributed by atoms with van der Waals surface area (Å²) in [7, 11) is 0. The molecule has 0 aromatic rings. The molecule has 0 atom stereocenters. The summed E-state index contributed by atoms with van der Waals surface area (Å²) < 4.78 is 4.56. The Hall–Kier alpha value is -1.02. The largest absolute Gasteiger partial charge is 0.396 e. The Bertz CT molecular complexity index is 344. The fraction of sp³-hybridized carbons (Fsp3) is 0.895. The molecule has 0 heterocycles. The van der Waals surface area contributed by atoms with Crippen LogP contribution in [0.2, 0.25) is 0 Å². The normalized spacial score (nSPS) is 11.5. The van der Waals surface area contributed by atoms with Crippen molar-refractivity contribution >= 4 is 11.9 Å². The SMILES string of the molecule is CC(C)(CO)C(=O)OC(=O)C(C)(C)CO.OCCCCCCCCCO. The zero-order valence-electron chi connectivity index (χ0n) is 16.8. The molecule has 0 aliphatic heterocycles. The highest BCUT2D eigenvalue weighted by Gasteiger charge is 2.36. The molecule has 0 saturated carbocycles. The number of carbonyl (C=O) groups is 2. The summed E-state index contributed by atoms with van der Waals surface area (Å²) in [5, 5.41) is 34.7. The summed E-state index contributed by atoms with van der Waals surface area (Å²) in [6.07, 6.45) is 7.89. The molecule has 0 spiro atoms. The van der Waals surface area contributed by atoms with Crippen molar-refractivity contribution in [3.63, 3.8) is 0 Å². The summed E-state index contributed by atoms with van der Waals surface area (Å²) in [5.74, 6) is -1.59. The third-order valence-corrected chi connectivity index (χ3v) is 3.90. The van der Waals surface area contributed by atoms with Crippen molar-refractivity contribution in [3.8, 4) is 0 Å². The summed E-state index contributed by atoms with van der Waals surface area (Å²) in [6, 6.07) is 0. The van der Waals surface area contributed by atoms with Gasteiger partial charge in [-0.15, -0.1) is 0 Å². The first-order valence-electron chi connectivity index (χ1n) is 9.29.